The second kappa shape index (κ2) is 6.26. The Kier molecular flexibility index (Phi) is 5.29. The summed E-state index contributed by atoms with van der Waals surface area (Å²) in [6.07, 6.45) is 1.37. The van der Waals surface area contributed by atoms with Crippen LogP contribution in [0.5, 0.6) is 0 Å². The molecular weight excluding hydrogens is 266 g/mol. The zero-order valence-electron chi connectivity index (χ0n) is 10.2. The summed E-state index contributed by atoms with van der Waals surface area (Å²) in [4.78, 5) is 0. The molecule has 1 aromatic carbocycles. The van der Waals surface area contributed by atoms with E-state index in [1.165, 1.54) is 0 Å². The van der Waals surface area contributed by atoms with Gasteiger partial charge in [-0.3, -0.25) is 0 Å². The van der Waals surface area contributed by atoms with Gasteiger partial charge in [-0.05, 0) is 46.8 Å². The molecule has 0 amide bonds. The molecular formula is C13H20BrNO. The molecule has 0 fully saturated rings. The van der Waals surface area contributed by atoms with E-state index in [-0.39, 0.29) is 6.10 Å². The van der Waals surface area contributed by atoms with Gasteiger partial charge in [-0.1, -0.05) is 26.0 Å². The summed E-state index contributed by atoms with van der Waals surface area (Å²) in [5, 5.41) is 0. The maximum absolute atomic E-state index is 5.81. The largest absolute Gasteiger partial charge is 0.398 e. The van der Waals surface area contributed by atoms with Crippen LogP contribution in [0.2, 0.25) is 0 Å². The number of rotatable bonds is 5. The Morgan fingerprint density at radius 2 is 2.00 bits per heavy atom. The maximum Gasteiger partial charge on any atom is 0.0732 e. The molecule has 3 heteroatoms. The van der Waals surface area contributed by atoms with Crippen LogP contribution >= 0.6 is 15.9 Å². The predicted molar refractivity (Wildman–Crippen MR) is 72.3 cm³/mol. The molecule has 90 valence electrons. The first kappa shape index (κ1) is 13.5. The Balaban J connectivity index is 2.51. The van der Waals surface area contributed by atoms with Crippen molar-refractivity contribution in [1.29, 1.82) is 0 Å². The molecule has 0 aliphatic carbocycles. The topological polar surface area (TPSA) is 35.2 Å². The Morgan fingerprint density at radius 3 is 2.62 bits per heavy atom. The SMILES string of the molecule is CC(C)CC(C)OCc1cccc(N)c1Br. The van der Waals surface area contributed by atoms with Crippen molar-refractivity contribution >= 4 is 21.6 Å². The van der Waals surface area contributed by atoms with Crippen molar-refractivity contribution in [1.82, 2.24) is 0 Å². The molecule has 0 aliphatic rings. The molecule has 0 aromatic heterocycles. The molecule has 1 unspecified atom stereocenters. The van der Waals surface area contributed by atoms with Gasteiger partial charge in [-0.15, -0.1) is 0 Å². The highest BCUT2D eigenvalue weighted by molar-refractivity contribution is 9.10. The van der Waals surface area contributed by atoms with E-state index < -0.39 is 0 Å². The lowest BCUT2D eigenvalue weighted by Crippen LogP contribution is -2.11. The third-order valence-electron chi connectivity index (χ3n) is 2.44. The van der Waals surface area contributed by atoms with Crippen LogP contribution in [0.3, 0.4) is 0 Å². The first-order chi connectivity index (χ1) is 7.50. The van der Waals surface area contributed by atoms with Crippen molar-refractivity contribution in [3.8, 4) is 0 Å². The summed E-state index contributed by atoms with van der Waals surface area (Å²) in [5.41, 5.74) is 7.67. The third kappa shape index (κ3) is 4.14. The fourth-order valence-electron chi connectivity index (χ4n) is 1.68. The Hall–Kier alpha value is -0.540. The van der Waals surface area contributed by atoms with Gasteiger partial charge in [0.2, 0.25) is 0 Å². The summed E-state index contributed by atoms with van der Waals surface area (Å²) in [7, 11) is 0. The molecule has 0 spiro atoms. The summed E-state index contributed by atoms with van der Waals surface area (Å²) < 4.78 is 6.74. The number of hydrogen-bond acceptors (Lipinski definition) is 2. The van der Waals surface area contributed by atoms with Gasteiger partial charge >= 0.3 is 0 Å². The van der Waals surface area contributed by atoms with Gasteiger partial charge in [-0.25, -0.2) is 0 Å². The van der Waals surface area contributed by atoms with Crippen molar-refractivity contribution in [2.24, 2.45) is 5.92 Å². The fourth-order valence-corrected chi connectivity index (χ4v) is 2.05. The summed E-state index contributed by atoms with van der Waals surface area (Å²) in [5.74, 6) is 0.666. The zero-order chi connectivity index (χ0) is 12.1. The van der Waals surface area contributed by atoms with Crippen molar-refractivity contribution in [2.75, 3.05) is 5.73 Å². The van der Waals surface area contributed by atoms with E-state index in [9.17, 15) is 0 Å². The maximum atomic E-state index is 5.81. The average molecular weight is 286 g/mol. The minimum absolute atomic E-state index is 0.285. The van der Waals surface area contributed by atoms with E-state index in [4.69, 9.17) is 10.5 Å². The fraction of sp³-hybridized carbons (Fsp3) is 0.538. The van der Waals surface area contributed by atoms with E-state index in [0.29, 0.717) is 12.5 Å². The molecule has 1 rings (SSSR count). The summed E-state index contributed by atoms with van der Waals surface area (Å²) in [6, 6.07) is 5.86. The lowest BCUT2D eigenvalue weighted by Gasteiger charge is -2.16. The molecule has 0 radical (unpaired) electrons. The van der Waals surface area contributed by atoms with Gasteiger partial charge in [-0.2, -0.15) is 0 Å². The molecule has 16 heavy (non-hydrogen) atoms. The quantitative estimate of drug-likeness (QED) is 0.831. The first-order valence-electron chi connectivity index (χ1n) is 5.65. The number of hydrogen-bond donors (Lipinski definition) is 1. The van der Waals surface area contributed by atoms with E-state index in [1.54, 1.807) is 0 Å². The molecule has 2 nitrogen and oxygen atoms in total. The predicted octanol–water partition coefficient (Wildman–Crippen LogP) is 3.98. The third-order valence-corrected chi connectivity index (χ3v) is 3.40. The normalized spacial score (nSPS) is 13.1. The highest BCUT2D eigenvalue weighted by Gasteiger charge is 2.08. The monoisotopic (exact) mass is 285 g/mol. The number of benzene rings is 1. The second-order valence-corrected chi connectivity index (χ2v) is 5.36. The van der Waals surface area contributed by atoms with Crippen LogP contribution in [0.4, 0.5) is 5.69 Å². The van der Waals surface area contributed by atoms with Gasteiger partial charge in [0.15, 0.2) is 0 Å². The van der Waals surface area contributed by atoms with E-state index in [1.807, 2.05) is 18.2 Å². The minimum atomic E-state index is 0.285. The highest BCUT2D eigenvalue weighted by atomic mass is 79.9. The number of nitrogen functional groups attached to an aromatic ring is 1. The van der Waals surface area contributed by atoms with E-state index >= 15 is 0 Å². The van der Waals surface area contributed by atoms with Gasteiger partial charge in [0.25, 0.3) is 0 Å². The van der Waals surface area contributed by atoms with Crippen LogP contribution in [-0.2, 0) is 11.3 Å². The molecule has 0 heterocycles. The molecule has 1 aromatic rings. The lowest BCUT2D eigenvalue weighted by atomic mass is 10.1. The van der Waals surface area contributed by atoms with Crippen LogP contribution in [-0.4, -0.2) is 6.10 Å². The lowest BCUT2D eigenvalue weighted by molar-refractivity contribution is 0.0394. The Labute approximate surface area is 106 Å². The van der Waals surface area contributed by atoms with Crippen LogP contribution in [0, 0.1) is 5.92 Å². The van der Waals surface area contributed by atoms with Gasteiger partial charge in [0.05, 0.1) is 12.7 Å². The van der Waals surface area contributed by atoms with Gasteiger partial charge < -0.3 is 10.5 Å². The van der Waals surface area contributed by atoms with Crippen molar-refractivity contribution in [3.05, 3.63) is 28.2 Å². The molecule has 1 atom stereocenters. The summed E-state index contributed by atoms with van der Waals surface area (Å²) in [6.45, 7) is 7.13. The minimum Gasteiger partial charge on any atom is -0.398 e. The Bertz CT molecular complexity index is 339. The molecule has 0 bridgehead atoms. The van der Waals surface area contributed by atoms with Crippen LogP contribution in [0.25, 0.3) is 0 Å². The molecule has 0 saturated heterocycles. The van der Waals surface area contributed by atoms with Crippen LogP contribution < -0.4 is 5.73 Å². The van der Waals surface area contributed by atoms with E-state index in [0.717, 1.165) is 22.1 Å². The average Bonchev–Trinajstić information content (AvgIpc) is 2.19. The van der Waals surface area contributed by atoms with Crippen LogP contribution in [0.1, 0.15) is 32.8 Å². The zero-order valence-corrected chi connectivity index (χ0v) is 11.8. The van der Waals surface area contributed by atoms with Gasteiger partial charge in [0, 0.05) is 10.2 Å². The number of anilines is 1. The number of nitrogens with two attached hydrogens (primary N) is 1. The standard InChI is InChI=1S/C13H20BrNO/c1-9(2)7-10(3)16-8-11-5-4-6-12(15)13(11)14/h4-6,9-10H,7-8,15H2,1-3H3. The van der Waals surface area contributed by atoms with Crippen molar-refractivity contribution < 1.29 is 4.74 Å². The smallest absolute Gasteiger partial charge is 0.0732 e. The molecule has 2 N–H and O–H groups in total. The number of halogens is 1. The highest BCUT2D eigenvalue weighted by Crippen LogP contribution is 2.24. The second-order valence-electron chi connectivity index (χ2n) is 4.57. The van der Waals surface area contributed by atoms with E-state index in [2.05, 4.69) is 36.7 Å². The van der Waals surface area contributed by atoms with Crippen LogP contribution in [0.15, 0.2) is 22.7 Å². The summed E-state index contributed by atoms with van der Waals surface area (Å²) >= 11 is 3.48. The van der Waals surface area contributed by atoms with Gasteiger partial charge in [0.1, 0.15) is 0 Å². The first-order valence-corrected chi connectivity index (χ1v) is 6.44. The molecule has 0 aliphatic heterocycles. The number of ether oxygens (including phenoxy) is 1. The van der Waals surface area contributed by atoms with Crippen molar-refractivity contribution in [3.63, 3.8) is 0 Å². The van der Waals surface area contributed by atoms with Crippen molar-refractivity contribution in [2.45, 2.75) is 39.9 Å². The molecule has 0 saturated carbocycles. The Morgan fingerprint density at radius 1 is 1.31 bits per heavy atom.